The first-order valence-corrected chi connectivity index (χ1v) is 20.4. The van der Waals surface area contributed by atoms with Crippen LogP contribution >= 0.6 is 0 Å². The van der Waals surface area contributed by atoms with Crippen molar-refractivity contribution in [3.8, 4) is 0 Å². The summed E-state index contributed by atoms with van der Waals surface area (Å²) in [6, 6.07) is 0. The fourth-order valence-electron chi connectivity index (χ4n) is 13.4. The van der Waals surface area contributed by atoms with Crippen molar-refractivity contribution >= 4 is 12.3 Å². The monoisotopic (exact) mass is 780 g/mol. The zero-order valence-electron chi connectivity index (χ0n) is 33.0. The molecule has 0 aromatic rings. The summed E-state index contributed by atoms with van der Waals surface area (Å²) in [4.78, 5) is 27.8. The third kappa shape index (κ3) is 5.82. The fraction of sp³-hybridized carbons (Fsp3) is 0.902. The van der Waals surface area contributed by atoms with E-state index in [0.717, 1.165) is 31.1 Å². The van der Waals surface area contributed by atoms with E-state index in [1.54, 1.807) is 6.92 Å². The Labute approximate surface area is 323 Å². The topological polar surface area (TPSA) is 233 Å². The number of aldehydes is 1. The van der Waals surface area contributed by atoms with E-state index in [1.807, 2.05) is 13.8 Å². The fourth-order valence-corrected chi connectivity index (χ4v) is 13.4. The van der Waals surface area contributed by atoms with Gasteiger partial charge in [-0.1, -0.05) is 46.3 Å². The Balaban J connectivity index is 1.20. The minimum Gasteiger partial charge on any atom is -0.432 e. The molecule has 2 saturated heterocycles. The molecule has 8 N–H and O–H groups in total. The molecule has 0 spiro atoms. The Morgan fingerprint density at radius 1 is 0.855 bits per heavy atom. The third-order valence-electron chi connectivity index (χ3n) is 17.2. The van der Waals surface area contributed by atoms with Gasteiger partial charge in [-0.2, -0.15) is 0 Å². The van der Waals surface area contributed by atoms with Crippen LogP contribution in [0.25, 0.3) is 0 Å². The zero-order chi connectivity index (χ0) is 40.3. The first-order valence-electron chi connectivity index (χ1n) is 20.4. The Hall–Kier alpha value is -1.56. The molecule has 2 heterocycles. The molecular weight excluding hydrogens is 716 g/mol. The Morgan fingerprint density at radius 2 is 1.55 bits per heavy atom. The number of carbonyl (C=O) groups excluding carboxylic acids is 2. The van der Waals surface area contributed by atoms with E-state index in [2.05, 4.69) is 26.8 Å². The minimum atomic E-state index is -1.74. The van der Waals surface area contributed by atoms with Crippen LogP contribution in [-0.2, 0) is 28.5 Å². The van der Waals surface area contributed by atoms with Gasteiger partial charge >= 0.3 is 5.97 Å². The van der Waals surface area contributed by atoms with E-state index >= 15 is 0 Å². The minimum absolute atomic E-state index is 0.0712. The van der Waals surface area contributed by atoms with Gasteiger partial charge in [-0.25, -0.2) is 0 Å². The Morgan fingerprint density at radius 3 is 2.22 bits per heavy atom. The number of fused-ring (bicyclic) bond motifs is 7. The van der Waals surface area contributed by atoms with Crippen molar-refractivity contribution in [1.82, 2.24) is 0 Å². The molecule has 55 heavy (non-hydrogen) atoms. The van der Waals surface area contributed by atoms with Gasteiger partial charge in [0.2, 0.25) is 6.29 Å². The summed E-state index contributed by atoms with van der Waals surface area (Å²) >= 11 is 0. The van der Waals surface area contributed by atoms with Crippen molar-refractivity contribution in [3.05, 3.63) is 11.6 Å². The van der Waals surface area contributed by atoms with Crippen molar-refractivity contribution in [2.24, 2.45) is 50.7 Å². The average molecular weight is 781 g/mol. The van der Waals surface area contributed by atoms with Crippen LogP contribution < -0.4 is 0 Å². The third-order valence-corrected chi connectivity index (χ3v) is 17.2. The smallest absolute Gasteiger partial charge is 0.315 e. The van der Waals surface area contributed by atoms with E-state index in [0.29, 0.717) is 38.5 Å². The van der Waals surface area contributed by atoms with Crippen LogP contribution in [0.4, 0.5) is 0 Å². The van der Waals surface area contributed by atoms with E-state index < -0.39 is 102 Å². The molecule has 20 atom stereocenters. The van der Waals surface area contributed by atoms with Crippen molar-refractivity contribution in [1.29, 1.82) is 0 Å². The molecule has 2 aliphatic heterocycles. The highest BCUT2D eigenvalue weighted by atomic mass is 16.7. The van der Waals surface area contributed by atoms with Gasteiger partial charge in [-0.05, 0) is 98.7 Å². The molecule has 14 nitrogen and oxygen atoms in total. The van der Waals surface area contributed by atoms with E-state index in [4.69, 9.17) is 18.9 Å². The van der Waals surface area contributed by atoms with Crippen LogP contribution in [-0.4, -0.2) is 133 Å². The van der Waals surface area contributed by atoms with Gasteiger partial charge in [0.25, 0.3) is 0 Å². The summed E-state index contributed by atoms with van der Waals surface area (Å²) in [6.07, 6.45) is -5.08. The van der Waals surface area contributed by atoms with Crippen LogP contribution in [0.2, 0.25) is 0 Å². The highest BCUT2D eigenvalue weighted by Crippen LogP contribution is 2.76. The number of rotatable bonds is 6. The van der Waals surface area contributed by atoms with Crippen LogP contribution in [0.3, 0.4) is 0 Å². The second kappa shape index (κ2) is 14.0. The lowest BCUT2D eigenvalue weighted by atomic mass is 9.33. The average Bonchev–Trinajstić information content (AvgIpc) is 3.14. The maximum absolute atomic E-state index is 14.6. The molecule has 0 aromatic heterocycles. The van der Waals surface area contributed by atoms with Crippen LogP contribution in [0.5, 0.6) is 0 Å². The molecular formula is C41H64O14. The quantitative estimate of drug-likeness (QED) is 0.0817. The predicted octanol–water partition coefficient (Wildman–Crippen LogP) is 1.11. The number of esters is 1. The lowest BCUT2D eigenvalue weighted by Crippen LogP contribution is -2.68. The molecule has 4 saturated carbocycles. The van der Waals surface area contributed by atoms with Crippen molar-refractivity contribution < 1.29 is 69.4 Å². The summed E-state index contributed by atoms with van der Waals surface area (Å²) in [5.74, 6) is -1.34. The lowest BCUT2D eigenvalue weighted by Gasteiger charge is -2.71. The highest BCUT2D eigenvalue weighted by Gasteiger charge is 2.72. The SMILES string of the molecule is C[C@@H]1CC[C@]2(C(=O)O[C@@H]3O[C@H](CO)[C@@H](O)[C@H](O)[C@H]3O)CC[C@]3(C)C(=CC[C@@H]4[C@@]5(C)CC[C@H](O[C@@H]6OC[C@@H](O)[C@H](O)[C@H]6O)[C@](C)(C=O)[C@@H]5CC[C@]43C)[C@H]2[C@]1(C)O. The number of hydrogen-bond acceptors (Lipinski definition) is 14. The molecule has 6 fully saturated rings. The van der Waals surface area contributed by atoms with Crippen molar-refractivity contribution in [2.45, 2.75) is 166 Å². The summed E-state index contributed by atoms with van der Waals surface area (Å²) in [7, 11) is 0. The molecule has 7 rings (SSSR count). The highest BCUT2D eigenvalue weighted by molar-refractivity contribution is 5.79. The second-order valence-electron chi connectivity index (χ2n) is 19.5. The Bertz CT molecular complexity index is 1520. The molecule has 7 aliphatic rings. The maximum Gasteiger partial charge on any atom is 0.315 e. The number of carbonyl (C=O) groups is 2. The molecule has 5 aliphatic carbocycles. The lowest BCUT2D eigenvalue weighted by molar-refractivity contribution is -0.305. The maximum atomic E-state index is 14.6. The van der Waals surface area contributed by atoms with Crippen molar-refractivity contribution in [3.63, 3.8) is 0 Å². The van der Waals surface area contributed by atoms with Crippen LogP contribution in [0.1, 0.15) is 99.3 Å². The van der Waals surface area contributed by atoms with Gasteiger partial charge in [-0.3, -0.25) is 4.79 Å². The first kappa shape index (κ1) is 41.6. The number of allylic oxidation sites excluding steroid dienone is 1. The van der Waals surface area contributed by atoms with Gasteiger partial charge in [-0.15, -0.1) is 0 Å². The number of aliphatic hydroxyl groups is 8. The van der Waals surface area contributed by atoms with Crippen LogP contribution in [0, 0.1) is 50.7 Å². The molecule has 0 radical (unpaired) electrons. The summed E-state index contributed by atoms with van der Waals surface area (Å²) in [5, 5.41) is 84.8. The summed E-state index contributed by atoms with van der Waals surface area (Å²) in [6.45, 7) is 11.8. The van der Waals surface area contributed by atoms with Crippen LogP contribution in [0.15, 0.2) is 11.6 Å². The Kier molecular flexibility index (Phi) is 10.6. The second-order valence-corrected chi connectivity index (χ2v) is 19.5. The molecule has 0 aromatic carbocycles. The van der Waals surface area contributed by atoms with E-state index in [1.165, 1.54) is 0 Å². The molecule has 0 amide bonds. The standard InChI is InChI=1S/C41H64O14/c1-20-9-14-41(35(50)55-34-31(49)29(47)28(46)23(17-42)53-34)16-15-38(4)21(32(41)40(20,6)51)7-8-25-36(2)12-11-26(54-33-30(48)27(45)22(44)18-52-33)37(3,19-43)24(36)10-13-39(25,38)5/h7,19-20,22-34,42,44-49,51H,8-18H2,1-6H3/t20-,22-,23-,24-,25-,26+,27+,28-,29+,30-,31-,32+,33+,34+,36+,37-,38-,39-,40-,41+/m1/s1. The predicted molar refractivity (Wildman–Crippen MR) is 193 cm³/mol. The summed E-state index contributed by atoms with van der Waals surface area (Å²) in [5.41, 5.74) is -3.38. The van der Waals surface area contributed by atoms with Crippen molar-refractivity contribution in [2.75, 3.05) is 13.2 Å². The van der Waals surface area contributed by atoms with E-state index in [-0.39, 0.29) is 35.2 Å². The molecule has 312 valence electrons. The molecule has 14 heteroatoms. The van der Waals surface area contributed by atoms with Gasteiger partial charge in [0, 0.05) is 5.92 Å². The largest absolute Gasteiger partial charge is 0.432 e. The normalized spacial score (nSPS) is 56.5. The molecule has 0 bridgehead atoms. The van der Waals surface area contributed by atoms with Gasteiger partial charge < -0.3 is 64.6 Å². The molecule has 0 unspecified atom stereocenters. The van der Waals surface area contributed by atoms with Gasteiger partial charge in [0.15, 0.2) is 6.29 Å². The number of ether oxygens (including phenoxy) is 4. The number of aliphatic hydroxyl groups excluding tert-OH is 7. The zero-order valence-corrected chi connectivity index (χ0v) is 33.0. The summed E-state index contributed by atoms with van der Waals surface area (Å²) < 4.78 is 23.4. The number of hydrogen-bond donors (Lipinski definition) is 8. The van der Waals surface area contributed by atoms with E-state index in [9.17, 15) is 50.4 Å². The first-order chi connectivity index (χ1) is 25.7. The van der Waals surface area contributed by atoms with Gasteiger partial charge in [0.1, 0.15) is 49.0 Å². The van der Waals surface area contributed by atoms with Gasteiger partial charge in [0.05, 0.1) is 35.7 Å².